The Bertz CT molecular complexity index is 610. The van der Waals surface area contributed by atoms with Crippen molar-refractivity contribution in [2.75, 3.05) is 10.6 Å². The van der Waals surface area contributed by atoms with E-state index in [9.17, 15) is 4.79 Å². The summed E-state index contributed by atoms with van der Waals surface area (Å²) in [5.74, 6) is 0.488. The van der Waals surface area contributed by atoms with Crippen molar-refractivity contribution in [1.29, 1.82) is 0 Å². The van der Waals surface area contributed by atoms with Crippen LogP contribution in [0.4, 0.5) is 16.2 Å². The summed E-state index contributed by atoms with van der Waals surface area (Å²) in [4.78, 5) is 12.1. The highest BCUT2D eigenvalue weighted by Crippen LogP contribution is 2.20. The lowest BCUT2D eigenvalue weighted by Gasteiger charge is -2.13. The molecule has 0 saturated carbocycles. The van der Waals surface area contributed by atoms with Gasteiger partial charge in [0.05, 0.1) is 0 Å². The number of hydrogen-bond acceptors (Lipinski definition) is 1. The summed E-state index contributed by atoms with van der Waals surface area (Å²) in [6.07, 6.45) is 0. The van der Waals surface area contributed by atoms with E-state index in [4.69, 9.17) is 0 Å². The highest BCUT2D eigenvalue weighted by atomic mass is 16.2. The van der Waals surface area contributed by atoms with E-state index in [0.717, 1.165) is 22.5 Å². The molecule has 0 aliphatic heterocycles. The molecule has 0 saturated heterocycles. The van der Waals surface area contributed by atoms with Crippen molar-refractivity contribution in [3.63, 3.8) is 0 Å². The Morgan fingerprint density at radius 1 is 0.905 bits per heavy atom. The van der Waals surface area contributed by atoms with Crippen LogP contribution in [0.1, 0.15) is 36.5 Å². The molecule has 2 amide bonds. The molecule has 0 atom stereocenters. The Hall–Kier alpha value is -2.29. The van der Waals surface area contributed by atoms with Gasteiger partial charge in [0, 0.05) is 11.4 Å². The molecule has 0 bridgehead atoms. The van der Waals surface area contributed by atoms with Gasteiger partial charge in [-0.15, -0.1) is 0 Å². The minimum atomic E-state index is -0.218. The van der Waals surface area contributed by atoms with Gasteiger partial charge in [-0.3, -0.25) is 0 Å². The molecule has 0 aliphatic carbocycles. The lowest BCUT2D eigenvalue weighted by Crippen LogP contribution is -2.20. The molecule has 0 fully saturated rings. The molecule has 0 heterocycles. The van der Waals surface area contributed by atoms with E-state index < -0.39 is 0 Å². The summed E-state index contributed by atoms with van der Waals surface area (Å²) in [6, 6.07) is 13.7. The van der Waals surface area contributed by atoms with E-state index in [0.29, 0.717) is 5.92 Å². The molecule has 0 spiro atoms. The quantitative estimate of drug-likeness (QED) is 0.810. The fraction of sp³-hybridized carbons (Fsp3) is 0.278. The smallest absolute Gasteiger partial charge is 0.308 e. The summed E-state index contributed by atoms with van der Waals surface area (Å²) >= 11 is 0. The number of hydrogen-bond donors (Lipinski definition) is 2. The van der Waals surface area contributed by atoms with Crippen molar-refractivity contribution in [3.05, 3.63) is 59.2 Å². The maximum atomic E-state index is 12.1. The van der Waals surface area contributed by atoms with Gasteiger partial charge < -0.3 is 10.6 Å². The van der Waals surface area contributed by atoms with E-state index in [1.807, 2.05) is 56.3 Å². The van der Waals surface area contributed by atoms with Gasteiger partial charge in [0.25, 0.3) is 0 Å². The largest absolute Gasteiger partial charge is 0.323 e. The maximum Gasteiger partial charge on any atom is 0.323 e. The first kappa shape index (κ1) is 15.1. The molecule has 2 aromatic carbocycles. The number of carbonyl (C=O) groups excluding carboxylic acids is 1. The number of nitrogens with one attached hydrogen (secondary N) is 2. The molecule has 2 rings (SSSR count). The zero-order valence-corrected chi connectivity index (χ0v) is 13.0. The van der Waals surface area contributed by atoms with Crippen LogP contribution < -0.4 is 10.6 Å². The fourth-order valence-electron chi connectivity index (χ4n) is 2.24. The van der Waals surface area contributed by atoms with Crippen LogP contribution in [0.2, 0.25) is 0 Å². The van der Waals surface area contributed by atoms with E-state index in [-0.39, 0.29) is 6.03 Å². The van der Waals surface area contributed by atoms with Crippen molar-refractivity contribution >= 4 is 17.4 Å². The third kappa shape index (κ3) is 3.85. The van der Waals surface area contributed by atoms with Gasteiger partial charge in [-0.05, 0) is 48.6 Å². The van der Waals surface area contributed by atoms with Gasteiger partial charge in [-0.1, -0.05) is 44.2 Å². The summed E-state index contributed by atoms with van der Waals surface area (Å²) in [5.41, 5.74) is 5.04. The zero-order chi connectivity index (χ0) is 15.4. The van der Waals surface area contributed by atoms with Crippen molar-refractivity contribution in [2.45, 2.75) is 33.6 Å². The van der Waals surface area contributed by atoms with Crippen LogP contribution in [0.3, 0.4) is 0 Å². The normalized spacial score (nSPS) is 10.5. The maximum absolute atomic E-state index is 12.1. The van der Waals surface area contributed by atoms with Crippen molar-refractivity contribution in [2.24, 2.45) is 0 Å². The molecule has 2 N–H and O–H groups in total. The van der Waals surface area contributed by atoms with Crippen LogP contribution in [-0.2, 0) is 0 Å². The van der Waals surface area contributed by atoms with Gasteiger partial charge in [-0.2, -0.15) is 0 Å². The molecule has 3 nitrogen and oxygen atoms in total. The molecule has 0 radical (unpaired) electrons. The van der Waals surface area contributed by atoms with Crippen molar-refractivity contribution in [1.82, 2.24) is 0 Å². The molecule has 0 unspecified atom stereocenters. The van der Waals surface area contributed by atoms with E-state index >= 15 is 0 Å². The molecule has 3 heteroatoms. The van der Waals surface area contributed by atoms with Crippen molar-refractivity contribution in [3.8, 4) is 0 Å². The second kappa shape index (κ2) is 6.44. The highest BCUT2D eigenvalue weighted by molar-refractivity contribution is 6.00. The standard InChI is InChI=1S/C18H22N2O/c1-12(2)15-8-10-16(11-9-15)19-18(21)20-17-13(3)6-5-7-14(17)4/h5-12H,1-4H3,(H2,19,20,21). The predicted molar refractivity (Wildman–Crippen MR) is 89.1 cm³/mol. The van der Waals surface area contributed by atoms with Gasteiger partial charge in [0.2, 0.25) is 0 Å². The lowest BCUT2D eigenvalue weighted by molar-refractivity contribution is 0.262. The zero-order valence-electron chi connectivity index (χ0n) is 13.0. The second-order valence-corrected chi connectivity index (χ2v) is 5.62. The van der Waals surface area contributed by atoms with Crippen LogP contribution in [0.5, 0.6) is 0 Å². The summed E-state index contributed by atoms with van der Waals surface area (Å²) < 4.78 is 0. The Labute approximate surface area is 126 Å². The minimum Gasteiger partial charge on any atom is -0.308 e. The highest BCUT2D eigenvalue weighted by Gasteiger charge is 2.07. The van der Waals surface area contributed by atoms with Crippen molar-refractivity contribution < 1.29 is 4.79 Å². The average molecular weight is 282 g/mol. The predicted octanol–water partition coefficient (Wildman–Crippen LogP) is 5.07. The molecule has 0 aliphatic rings. The second-order valence-electron chi connectivity index (χ2n) is 5.62. The van der Waals surface area contributed by atoms with Gasteiger partial charge >= 0.3 is 6.03 Å². The minimum absolute atomic E-state index is 0.218. The Morgan fingerprint density at radius 2 is 1.48 bits per heavy atom. The van der Waals surface area contributed by atoms with Gasteiger partial charge in [0.1, 0.15) is 0 Å². The van der Waals surface area contributed by atoms with Gasteiger partial charge in [0.15, 0.2) is 0 Å². The fourth-order valence-corrected chi connectivity index (χ4v) is 2.24. The first-order valence-corrected chi connectivity index (χ1v) is 7.21. The average Bonchev–Trinajstić information content (AvgIpc) is 2.43. The molecule has 0 aromatic heterocycles. The van der Waals surface area contributed by atoms with Crippen LogP contribution in [0.15, 0.2) is 42.5 Å². The van der Waals surface area contributed by atoms with Gasteiger partial charge in [-0.25, -0.2) is 4.79 Å². The number of rotatable bonds is 3. The summed E-state index contributed by atoms with van der Waals surface area (Å²) in [7, 11) is 0. The van der Waals surface area contributed by atoms with E-state index in [1.54, 1.807) is 0 Å². The SMILES string of the molecule is Cc1cccc(C)c1NC(=O)Nc1ccc(C(C)C)cc1. The van der Waals surface area contributed by atoms with Crippen LogP contribution in [-0.4, -0.2) is 6.03 Å². The molecule has 2 aromatic rings. The number of urea groups is 1. The van der Waals surface area contributed by atoms with Crippen LogP contribution in [0.25, 0.3) is 0 Å². The first-order valence-electron chi connectivity index (χ1n) is 7.21. The van der Waals surface area contributed by atoms with E-state index in [2.05, 4.69) is 24.5 Å². The molecular formula is C18H22N2O. The number of aryl methyl sites for hydroxylation is 2. The molecule has 21 heavy (non-hydrogen) atoms. The number of benzene rings is 2. The monoisotopic (exact) mass is 282 g/mol. The van der Waals surface area contributed by atoms with Crippen LogP contribution >= 0.6 is 0 Å². The van der Waals surface area contributed by atoms with Crippen LogP contribution in [0, 0.1) is 13.8 Å². The number of para-hydroxylation sites is 1. The molecular weight excluding hydrogens is 260 g/mol. The lowest BCUT2D eigenvalue weighted by atomic mass is 10.0. The Kier molecular flexibility index (Phi) is 4.63. The topological polar surface area (TPSA) is 41.1 Å². The molecule has 110 valence electrons. The Balaban J connectivity index is 2.05. The first-order chi connectivity index (χ1) is 9.97. The number of anilines is 2. The van der Waals surface area contributed by atoms with E-state index in [1.165, 1.54) is 5.56 Å². The third-order valence-corrected chi connectivity index (χ3v) is 3.55. The Morgan fingerprint density at radius 3 is 2.00 bits per heavy atom. The summed E-state index contributed by atoms with van der Waals surface area (Å²) in [6.45, 7) is 8.27. The number of carbonyl (C=O) groups is 1. The third-order valence-electron chi connectivity index (χ3n) is 3.55. The summed E-state index contributed by atoms with van der Waals surface area (Å²) in [5, 5.41) is 5.78. The number of amides is 2.